The van der Waals surface area contributed by atoms with Gasteiger partial charge in [0.15, 0.2) is 17.5 Å². The number of amides is 1. The molecule has 2 rings (SSSR count). The van der Waals surface area contributed by atoms with Gasteiger partial charge in [0.2, 0.25) is 0 Å². The number of imidazole rings is 1. The Labute approximate surface area is 106 Å². The monoisotopic (exact) mass is 269 g/mol. The van der Waals surface area contributed by atoms with Gasteiger partial charge in [0, 0.05) is 25.0 Å². The van der Waals surface area contributed by atoms with Crippen LogP contribution >= 0.6 is 0 Å². The van der Waals surface area contributed by atoms with E-state index in [1.807, 2.05) is 0 Å². The minimum Gasteiger partial charge on any atom is -0.345 e. The highest BCUT2D eigenvalue weighted by molar-refractivity contribution is 5.94. The summed E-state index contributed by atoms with van der Waals surface area (Å²) in [5, 5.41) is 2.44. The summed E-state index contributed by atoms with van der Waals surface area (Å²) < 4.78 is 40.4. The molecular weight excluding hydrogens is 259 g/mol. The molecule has 0 unspecified atom stereocenters. The molecule has 1 aromatic carbocycles. The smallest absolute Gasteiger partial charge is 0.251 e. The van der Waals surface area contributed by atoms with Crippen LogP contribution in [-0.2, 0) is 13.6 Å². The fraction of sp³-hybridized carbons (Fsp3) is 0.167. The van der Waals surface area contributed by atoms with E-state index in [1.165, 1.54) is 0 Å². The fourth-order valence-corrected chi connectivity index (χ4v) is 1.51. The first kappa shape index (κ1) is 13.1. The van der Waals surface area contributed by atoms with Gasteiger partial charge in [0.1, 0.15) is 5.82 Å². The van der Waals surface area contributed by atoms with Crippen LogP contribution in [0.5, 0.6) is 0 Å². The number of benzene rings is 1. The van der Waals surface area contributed by atoms with Crippen LogP contribution in [0.25, 0.3) is 0 Å². The maximum atomic E-state index is 13.0. The number of nitrogens with zero attached hydrogens (tertiary/aromatic N) is 2. The van der Waals surface area contributed by atoms with Crippen LogP contribution in [0.2, 0.25) is 0 Å². The van der Waals surface area contributed by atoms with Crippen molar-refractivity contribution in [1.82, 2.24) is 14.9 Å². The molecule has 4 nitrogen and oxygen atoms in total. The number of aryl methyl sites for hydroxylation is 1. The lowest BCUT2D eigenvalue weighted by molar-refractivity contribution is 0.0948. The largest absolute Gasteiger partial charge is 0.345 e. The van der Waals surface area contributed by atoms with E-state index in [0.717, 1.165) is 0 Å². The lowest BCUT2D eigenvalue weighted by atomic mass is 10.2. The van der Waals surface area contributed by atoms with Gasteiger partial charge in [-0.15, -0.1) is 0 Å². The molecule has 0 saturated carbocycles. The molecule has 0 radical (unpaired) electrons. The Morgan fingerprint density at radius 3 is 2.47 bits per heavy atom. The lowest BCUT2D eigenvalue weighted by Crippen LogP contribution is -2.24. The standard InChI is InChI=1S/C12H10F3N3O/c1-18-3-2-16-10(18)6-17-12(19)7-4-8(13)11(15)9(14)5-7/h2-5H,6H2,1H3,(H,17,19). The van der Waals surface area contributed by atoms with Crippen LogP contribution in [0.4, 0.5) is 13.2 Å². The molecule has 0 aliphatic heterocycles. The molecular formula is C12H10F3N3O. The second-order valence-corrected chi connectivity index (χ2v) is 3.89. The molecule has 100 valence electrons. The zero-order chi connectivity index (χ0) is 14.0. The Morgan fingerprint density at radius 2 is 1.95 bits per heavy atom. The number of rotatable bonds is 3. The number of carbonyl (C=O) groups is 1. The van der Waals surface area contributed by atoms with Gasteiger partial charge in [-0.25, -0.2) is 18.2 Å². The molecule has 0 bridgehead atoms. The lowest BCUT2D eigenvalue weighted by Gasteiger charge is -2.06. The highest BCUT2D eigenvalue weighted by atomic mass is 19.2. The fourth-order valence-electron chi connectivity index (χ4n) is 1.51. The summed E-state index contributed by atoms with van der Waals surface area (Å²) >= 11 is 0. The highest BCUT2D eigenvalue weighted by Crippen LogP contribution is 2.13. The number of hydrogen-bond acceptors (Lipinski definition) is 2. The molecule has 2 aromatic rings. The van der Waals surface area contributed by atoms with Crippen molar-refractivity contribution in [2.45, 2.75) is 6.54 Å². The summed E-state index contributed by atoms with van der Waals surface area (Å²) in [5.74, 6) is -4.53. The molecule has 1 heterocycles. The maximum absolute atomic E-state index is 13.0. The minimum atomic E-state index is -1.60. The quantitative estimate of drug-likeness (QED) is 0.863. The molecule has 0 atom stereocenters. The predicted octanol–water partition coefficient (Wildman–Crippen LogP) is 1.77. The van der Waals surface area contributed by atoms with Gasteiger partial charge in [-0.2, -0.15) is 0 Å². The van der Waals surface area contributed by atoms with Crippen LogP contribution in [0.15, 0.2) is 24.5 Å². The number of halogens is 3. The van der Waals surface area contributed by atoms with Gasteiger partial charge in [-0.05, 0) is 12.1 Å². The van der Waals surface area contributed by atoms with Crippen molar-refractivity contribution in [3.05, 3.63) is 53.4 Å². The predicted molar refractivity (Wildman–Crippen MR) is 60.7 cm³/mol. The van der Waals surface area contributed by atoms with E-state index in [4.69, 9.17) is 0 Å². The Balaban J connectivity index is 2.10. The molecule has 1 aromatic heterocycles. The Kier molecular flexibility index (Phi) is 3.55. The number of carbonyl (C=O) groups excluding carboxylic acids is 1. The van der Waals surface area contributed by atoms with E-state index < -0.39 is 23.4 Å². The van der Waals surface area contributed by atoms with E-state index in [-0.39, 0.29) is 12.1 Å². The Hall–Kier alpha value is -2.31. The number of nitrogens with one attached hydrogen (secondary N) is 1. The third-order valence-corrected chi connectivity index (χ3v) is 2.57. The summed E-state index contributed by atoms with van der Waals surface area (Å²) in [4.78, 5) is 15.6. The SMILES string of the molecule is Cn1ccnc1CNC(=O)c1cc(F)c(F)c(F)c1. The molecule has 0 aliphatic carbocycles. The minimum absolute atomic E-state index is 0.100. The van der Waals surface area contributed by atoms with E-state index >= 15 is 0 Å². The van der Waals surface area contributed by atoms with Crippen LogP contribution in [0.1, 0.15) is 16.2 Å². The maximum Gasteiger partial charge on any atom is 0.251 e. The average molecular weight is 269 g/mol. The van der Waals surface area contributed by atoms with Crippen molar-refractivity contribution in [2.24, 2.45) is 7.05 Å². The number of hydrogen-bond donors (Lipinski definition) is 1. The first-order valence-corrected chi connectivity index (χ1v) is 5.38. The summed E-state index contributed by atoms with van der Waals surface area (Å²) in [6.07, 6.45) is 3.25. The van der Waals surface area contributed by atoms with E-state index in [0.29, 0.717) is 18.0 Å². The van der Waals surface area contributed by atoms with Crippen molar-refractivity contribution in [3.63, 3.8) is 0 Å². The molecule has 0 saturated heterocycles. The van der Waals surface area contributed by atoms with Gasteiger partial charge in [-0.3, -0.25) is 4.79 Å². The van der Waals surface area contributed by atoms with Crippen molar-refractivity contribution < 1.29 is 18.0 Å². The van der Waals surface area contributed by atoms with Crippen molar-refractivity contribution in [2.75, 3.05) is 0 Å². The zero-order valence-electron chi connectivity index (χ0n) is 9.95. The average Bonchev–Trinajstić information content (AvgIpc) is 2.78. The first-order valence-electron chi connectivity index (χ1n) is 5.38. The molecule has 1 N–H and O–H groups in total. The van der Waals surface area contributed by atoms with Gasteiger partial charge >= 0.3 is 0 Å². The van der Waals surface area contributed by atoms with Crippen LogP contribution in [0, 0.1) is 17.5 Å². The molecule has 7 heteroatoms. The summed E-state index contributed by atoms with van der Waals surface area (Å²) in [5.41, 5.74) is -0.286. The normalized spacial score (nSPS) is 10.5. The second kappa shape index (κ2) is 5.13. The van der Waals surface area contributed by atoms with Crippen LogP contribution < -0.4 is 5.32 Å². The van der Waals surface area contributed by atoms with Gasteiger partial charge in [-0.1, -0.05) is 0 Å². The topological polar surface area (TPSA) is 46.9 Å². The molecule has 0 spiro atoms. The van der Waals surface area contributed by atoms with Crippen molar-refractivity contribution in [3.8, 4) is 0 Å². The third kappa shape index (κ3) is 2.75. The van der Waals surface area contributed by atoms with Crippen LogP contribution in [-0.4, -0.2) is 15.5 Å². The van der Waals surface area contributed by atoms with Gasteiger partial charge in [0.05, 0.1) is 6.54 Å². The van der Waals surface area contributed by atoms with E-state index in [2.05, 4.69) is 10.3 Å². The van der Waals surface area contributed by atoms with E-state index in [9.17, 15) is 18.0 Å². The van der Waals surface area contributed by atoms with Gasteiger partial charge in [0.25, 0.3) is 5.91 Å². The Bertz CT molecular complexity index is 601. The molecule has 19 heavy (non-hydrogen) atoms. The van der Waals surface area contributed by atoms with Crippen molar-refractivity contribution in [1.29, 1.82) is 0 Å². The van der Waals surface area contributed by atoms with Crippen LogP contribution in [0.3, 0.4) is 0 Å². The first-order chi connectivity index (χ1) is 8.99. The van der Waals surface area contributed by atoms with E-state index in [1.54, 1.807) is 24.0 Å². The Morgan fingerprint density at radius 1 is 1.32 bits per heavy atom. The molecule has 0 aliphatic rings. The molecule has 0 fully saturated rings. The summed E-state index contributed by atoms with van der Waals surface area (Å²) in [6, 6.07) is 1.29. The molecule has 1 amide bonds. The van der Waals surface area contributed by atoms with Gasteiger partial charge < -0.3 is 9.88 Å². The second-order valence-electron chi connectivity index (χ2n) is 3.89. The number of aromatic nitrogens is 2. The zero-order valence-corrected chi connectivity index (χ0v) is 9.95. The third-order valence-electron chi connectivity index (χ3n) is 2.57. The summed E-state index contributed by atoms with van der Waals surface area (Å²) in [7, 11) is 1.74. The summed E-state index contributed by atoms with van der Waals surface area (Å²) in [6.45, 7) is 0.100. The highest BCUT2D eigenvalue weighted by Gasteiger charge is 2.15. The van der Waals surface area contributed by atoms with Crippen molar-refractivity contribution >= 4 is 5.91 Å².